The highest BCUT2D eigenvalue weighted by molar-refractivity contribution is 5.74. The third kappa shape index (κ3) is 1.48. The fourth-order valence-corrected chi connectivity index (χ4v) is 5.91. The van der Waals surface area contributed by atoms with Crippen LogP contribution in [0.15, 0.2) is 24.3 Å². The van der Waals surface area contributed by atoms with Crippen LogP contribution in [0.1, 0.15) is 32.1 Å². The van der Waals surface area contributed by atoms with Crippen LogP contribution in [-0.4, -0.2) is 12.1 Å². The first kappa shape index (κ1) is 11.6. The summed E-state index contributed by atoms with van der Waals surface area (Å²) >= 11 is 0. The standard InChI is InChI=1S/C18H22O2/c19-18(15-7-10-4-5-11(15)6-10)20-17-9-12-8-16(17)14-3-1-2-13(12)14/h1,3-5,10-17H,2,6-9H2/t10?,11?,12-,13-,14-,15?,16-,17?/m1/s1. The molecule has 0 aliphatic heterocycles. The zero-order chi connectivity index (χ0) is 13.3. The van der Waals surface area contributed by atoms with E-state index < -0.39 is 0 Å². The van der Waals surface area contributed by atoms with Crippen molar-refractivity contribution in [3.8, 4) is 0 Å². The zero-order valence-electron chi connectivity index (χ0n) is 11.8. The van der Waals surface area contributed by atoms with E-state index in [9.17, 15) is 4.79 Å². The minimum atomic E-state index is 0.109. The molecule has 20 heavy (non-hydrogen) atoms. The first-order chi connectivity index (χ1) is 9.79. The number of carbonyl (C=O) groups is 1. The third-order valence-electron chi connectivity index (χ3n) is 6.80. The summed E-state index contributed by atoms with van der Waals surface area (Å²) in [6.45, 7) is 0. The summed E-state index contributed by atoms with van der Waals surface area (Å²) in [6, 6.07) is 0. The van der Waals surface area contributed by atoms with Crippen LogP contribution in [0.3, 0.4) is 0 Å². The minimum Gasteiger partial charge on any atom is -0.462 e. The van der Waals surface area contributed by atoms with Gasteiger partial charge < -0.3 is 4.74 Å². The molecule has 4 bridgehead atoms. The summed E-state index contributed by atoms with van der Waals surface area (Å²) in [5.74, 6) is 4.44. The van der Waals surface area contributed by atoms with Gasteiger partial charge in [-0.1, -0.05) is 24.3 Å². The molecule has 0 spiro atoms. The molecule has 0 aromatic rings. The van der Waals surface area contributed by atoms with Gasteiger partial charge in [0.2, 0.25) is 0 Å². The Morgan fingerprint density at radius 2 is 1.95 bits per heavy atom. The normalized spacial score (nSPS) is 53.8. The first-order valence-electron chi connectivity index (χ1n) is 8.35. The van der Waals surface area contributed by atoms with Crippen LogP contribution >= 0.6 is 0 Å². The smallest absolute Gasteiger partial charge is 0.309 e. The van der Waals surface area contributed by atoms with Gasteiger partial charge in [0.25, 0.3) is 0 Å². The second-order valence-electron chi connectivity index (χ2n) is 7.66. The van der Waals surface area contributed by atoms with Gasteiger partial charge in [-0.3, -0.25) is 4.79 Å². The van der Waals surface area contributed by atoms with Gasteiger partial charge in [0.1, 0.15) is 6.10 Å². The third-order valence-corrected chi connectivity index (χ3v) is 6.80. The Morgan fingerprint density at radius 3 is 2.75 bits per heavy atom. The Kier molecular flexibility index (Phi) is 2.31. The van der Waals surface area contributed by atoms with Gasteiger partial charge in [0.05, 0.1) is 5.92 Å². The molecule has 5 aliphatic rings. The zero-order valence-corrected chi connectivity index (χ0v) is 11.8. The largest absolute Gasteiger partial charge is 0.462 e. The van der Waals surface area contributed by atoms with Gasteiger partial charge in [-0.2, -0.15) is 0 Å². The molecule has 5 rings (SSSR count). The van der Waals surface area contributed by atoms with Crippen molar-refractivity contribution in [3.63, 3.8) is 0 Å². The van der Waals surface area contributed by atoms with Gasteiger partial charge >= 0.3 is 5.97 Å². The molecule has 106 valence electrons. The lowest BCUT2D eigenvalue weighted by Crippen LogP contribution is -2.34. The molecule has 8 atom stereocenters. The van der Waals surface area contributed by atoms with Gasteiger partial charge in [-0.05, 0) is 61.7 Å². The lowest BCUT2D eigenvalue weighted by molar-refractivity contribution is -0.158. The van der Waals surface area contributed by atoms with E-state index >= 15 is 0 Å². The summed E-state index contributed by atoms with van der Waals surface area (Å²) in [5, 5.41) is 0. The molecule has 0 N–H and O–H groups in total. The van der Waals surface area contributed by atoms with Crippen LogP contribution in [0, 0.1) is 41.4 Å². The maximum atomic E-state index is 12.5. The maximum Gasteiger partial charge on any atom is 0.309 e. The molecule has 3 saturated carbocycles. The average molecular weight is 270 g/mol. The molecular formula is C18H22O2. The van der Waals surface area contributed by atoms with Crippen LogP contribution in [0.4, 0.5) is 0 Å². The summed E-state index contributed by atoms with van der Waals surface area (Å²) in [4.78, 5) is 12.5. The molecule has 2 nitrogen and oxygen atoms in total. The Morgan fingerprint density at radius 1 is 1.00 bits per heavy atom. The van der Waals surface area contributed by atoms with Crippen molar-refractivity contribution in [1.82, 2.24) is 0 Å². The quantitative estimate of drug-likeness (QED) is 0.568. The van der Waals surface area contributed by atoms with E-state index in [1.54, 1.807) is 0 Å². The Bertz CT molecular complexity index is 506. The monoisotopic (exact) mass is 270 g/mol. The molecular weight excluding hydrogens is 248 g/mol. The molecule has 5 aliphatic carbocycles. The molecule has 4 unspecified atom stereocenters. The van der Waals surface area contributed by atoms with Gasteiger partial charge in [0.15, 0.2) is 0 Å². The van der Waals surface area contributed by atoms with E-state index in [-0.39, 0.29) is 18.0 Å². The summed E-state index contributed by atoms with van der Waals surface area (Å²) < 4.78 is 5.98. The number of hydrogen-bond acceptors (Lipinski definition) is 2. The number of rotatable bonds is 2. The number of hydrogen-bond donors (Lipinski definition) is 0. The SMILES string of the molecule is O=C(OC1C[C@H]2C[C@@H]1[C@@H]1C=CC[C@H]21)C1CC2C=CC1C2. The average Bonchev–Trinajstić information content (AvgIpc) is 3.21. The number of allylic oxidation sites excluding steroid dienone is 4. The van der Waals surface area contributed by atoms with E-state index in [1.165, 1.54) is 19.3 Å². The predicted molar refractivity (Wildman–Crippen MR) is 75.7 cm³/mol. The van der Waals surface area contributed by atoms with E-state index in [4.69, 9.17) is 4.74 Å². The van der Waals surface area contributed by atoms with Crippen molar-refractivity contribution >= 4 is 5.97 Å². The van der Waals surface area contributed by atoms with Crippen molar-refractivity contribution in [3.05, 3.63) is 24.3 Å². The lowest BCUT2D eigenvalue weighted by Gasteiger charge is -2.32. The second-order valence-corrected chi connectivity index (χ2v) is 7.66. The Hall–Kier alpha value is -1.05. The molecule has 0 amide bonds. The first-order valence-corrected chi connectivity index (χ1v) is 8.35. The van der Waals surface area contributed by atoms with Crippen LogP contribution < -0.4 is 0 Å². The van der Waals surface area contributed by atoms with Crippen molar-refractivity contribution < 1.29 is 9.53 Å². The summed E-state index contributed by atoms with van der Waals surface area (Å²) in [6.07, 6.45) is 15.4. The maximum absolute atomic E-state index is 12.5. The minimum absolute atomic E-state index is 0.109. The fourth-order valence-electron chi connectivity index (χ4n) is 5.91. The Labute approximate surface area is 120 Å². The van der Waals surface area contributed by atoms with Crippen molar-refractivity contribution in [2.24, 2.45) is 41.4 Å². The van der Waals surface area contributed by atoms with Crippen molar-refractivity contribution in [1.29, 1.82) is 0 Å². The van der Waals surface area contributed by atoms with E-state index in [0.717, 1.165) is 24.7 Å². The summed E-state index contributed by atoms with van der Waals surface area (Å²) in [5.41, 5.74) is 0. The predicted octanol–water partition coefficient (Wildman–Crippen LogP) is 3.34. The van der Waals surface area contributed by atoms with Crippen LogP contribution in [0.2, 0.25) is 0 Å². The number of fused-ring (bicyclic) bond motifs is 7. The van der Waals surface area contributed by atoms with Crippen molar-refractivity contribution in [2.75, 3.05) is 0 Å². The highest BCUT2D eigenvalue weighted by Gasteiger charge is 2.54. The highest BCUT2D eigenvalue weighted by atomic mass is 16.5. The van der Waals surface area contributed by atoms with Crippen LogP contribution in [0.25, 0.3) is 0 Å². The van der Waals surface area contributed by atoms with Gasteiger partial charge in [-0.15, -0.1) is 0 Å². The molecule has 2 heteroatoms. The Balaban J connectivity index is 1.28. The molecule has 0 aromatic carbocycles. The van der Waals surface area contributed by atoms with E-state index in [1.807, 2.05) is 0 Å². The summed E-state index contributed by atoms with van der Waals surface area (Å²) in [7, 11) is 0. The van der Waals surface area contributed by atoms with E-state index in [2.05, 4.69) is 24.3 Å². The van der Waals surface area contributed by atoms with Crippen LogP contribution in [0.5, 0.6) is 0 Å². The molecule has 0 heterocycles. The number of ether oxygens (including phenoxy) is 1. The molecule has 0 radical (unpaired) electrons. The number of carbonyl (C=O) groups excluding carboxylic acids is 1. The number of esters is 1. The second kappa shape index (κ2) is 3.99. The molecule has 3 fully saturated rings. The molecule has 0 saturated heterocycles. The van der Waals surface area contributed by atoms with Crippen LogP contribution in [-0.2, 0) is 9.53 Å². The topological polar surface area (TPSA) is 26.3 Å². The fraction of sp³-hybridized carbons (Fsp3) is 0.722. The van der Waals surface area contributed by atoms with E-state index in [0.29, 0.717) is 23.7 Å². The van der Waals surface area contributed by atoms with Gasteiger partial charge in [-0.25, -0.2) is 0 Å². The lowest BCUT2D eigenvalue weighted by atomic mass is 9.80. The highest BCUT2D eigenvalue weighted by Crippen LogP contribution is 2.57. The molecule has 0 aromatic heterocycles. The van der Waals surface area contributed by atoms with Gasteiger partial charge in [0, 0.05) is 5.92 Å². The van der Waals surface area contributed by atoms with Crippen molar-refractivity contribution in [2.45, 2.75) is 38.2 Å².